The predicted molar refractivity (Wildman–Crippen MR) is 92.2 cm³/mol. The number of likely N-dealkylation sites (N-methyl/N-ethyl adjacent to an activating group) is 1. The largest absolute Gasteiger partial charge is 0.325 e. The van der Waals surface area contributed by atoms with Crippen molar-refractivity contribution >= 4 is 46.1 Å². The summed E-state index contributed by atoms with van der Waals surface area (Å²) >= 11 is 7.46. The summed E-state index contributed by atoms with van der Waals surface area (Å²) in [4.78, 5) is 28.2. The number of carbonyl (C=O) groups excluding carboxylic acids is 2. The standard InChI is InChI=1S/C16H16ClN3O2S/c1-19(8-11-6-7-14(17)23-11)10-16(22)20-9-15(21)18-12-4-2-3-5-13(12)20/h2-7H,8-10H2,1H3,(H,18,21)/p+1. The van der Waals surface area contributed by atoms with Crippen LogP contribution in [0, 0.1) is 0 Å². The molecule has 0 spiro atoms. The van der Waals surface area contributed by atoms with Crippen molar-refractivity contribution in [2.24, 2.45) is 0 Å². The van der Waals surface area contributed by atoms with Gasteiger partial charge in [0.1, 0.15) is 13.1 Å². The van der Waals surface area contributed by atoms with Crippen LogP contribution >= 0.6 is 22.9 Å². The number of benzene rings is 1. The van der Waals surface area contributed by atoms with Gasteiger partial charge in [-0.25, -0.2) is 0 Å². The summed E-state index contributed by atoms with van der Waals surface area (Å²) in [5.41, 5.74) is 1.43. The lowest BCUT2D eigenvalue weighted by molar-refractivity contribution is -0.885. The Morgan fingerprint density at radius 1 is 1.35 bits per heavy atom. The fraction of sp³-hybridized carbons (Fsp3) is 0.250. The van der Waals surface area contributed by atoms with Crippen LogP contribution in [0.1, 0.15) is 4.88 Å². The number of para-hydroxylation sites is 2. The average Bonchev–Trinajstić information content (AvgIpc) is 2.91. The molecule has 0 bridgehead atoms. The van der Waals surface area contributed by atoms with Crippen LogP contribution in [0.2, 0.25) is 4.34 Å². The lowest BCUT2D eigenvalue weighted by Crippen LogP contribution is -3.08. The molecule has 0 fully saturated rings. The highest BCUT2D eigenvalue weighted by Crippen LogP contribution is 2.28. The van der Waals surface area contributed by atoms with Crippen LogP contribution in [0.3, 0.4) is 0 Å². The Balaban J connectivity index is 1.69. The Kier molecular flexibility index (Phi) is 4.66. The molecule has 2 N–H and O–H groups in total. The fourth-order valence-electron chi connectivity index (χ4n) is 2.62. The zero-order chi connectivity index (χ0) is 16.4. The van der Waals surface area contributed by atoms with Crippen molar-refractivity contribution in [1.82, 2.24) is 0 Å². The summed E-state index contributed by atoms with van der Waals surface area (Å²) in [5, 5.41) is 2.79. The Morgan fingerprint density at radius 2 is 2.13 bits per heavy atom. The molecule has 0 aliphatic carbocycles. The van der Waals surface area contributed by atoms with Gasteiger partial charge in [0.15, 0.2) is 6.54 Å². The minimum atomic E-state index is -0.167. The van der Waals surface area contributed by atoms with Crippen LogP contribution in [0.4, 0.5) is 11.4 Å². The lowest BCUT2D eigenvalue weighted by atomic mass is 10.2. The van der Waals surface area contributed by atoms with Gasteiger partial charge in [0, 0.05) is 0 Å². The van der Waals surface area contributed by atoms with E-state index in [0.29, 0.717) is 12.2 Å². The Labute approximate surface area is 143 Å². The molecule has 1 aromatic carbocycles. The first-order valence-electron chi connectivity index (χ1n) is 7.27. The molecule has 23 heavy (non-hydrogen) atoms. The highest BCUT2D eigenvalue weighted by Gasteiger charge is 2.28. The maximum absolute atomic E-state index is 12.6. The van der Waals surface area contributed by atoms with E-state index >= 15 is 0 Å². The Bertz CT molecular complexity index is 746. The van der Waals surface area contributed by atoms with Crippen molar-refractivity contribution in [3.63, 3.8) is 0 Å². The van der Waals surface area contributed by atoms with E-state index < -0.39 is 0 Å². The van der Waals surface area contributed by atoms with Crippen molar-refractivity contribution < 1.29 is 14.5 Å². The second kappa shape index (κ2) is 6.70. The third-order valence-corrected chi connectivity index (χ3v) is 4.86. The van der Waals surface area contributed by atoms with Crippen molar-refractivity contribution in [3.8, 4) is 0 Å². The maximum atomic E-state index is 12.6. The second-order valence-corrected chi connectivity index (χ2v) is 7.36. The molecule has 1 aromatic heterocycles. The van der Waals surface area contributed by atoms with E-state index in [1.807, 2.05) is 37.4 Å². The van der Waals surface area contributed by atoms with Crippen molar-refractivity contribution in [2.45, 2.75) is 6.54 Å². The monoisotopic (exact) mass is 350 g/mol. The number of amides is 2. The molecule has 1 aliphatic heterocycles. The molecule has 3 rings (SSSR count). The quantitative estimate of drug-likeness (QED) is 0.875. The lowest BCUT2D eigenvalue weighted by Gasteiger charge is -2.29. The van der Waals surface area contributed by atoms with Crippen LogP contribution in [0.15, 0.2) is 36.4 Å². The van der Waals surface area contributed by atoms with Crippen LogP contribution < -0.4 is 15.1 Å². The molecular formula is C16H17ClN3O2S+. The van der Waals surface area contributed by atoms with E-state index in [2.05, 4.69) is 5.32 Å². The van der Waals surface area contributed by atoms with E-state index in [1.165, 1.54) is 11.3 Å². The minimum absolute atomic E-state index is 0.0625. The molecule has 2 aromatic rings. The Hall–Kier alpha value is -1.89. The van der Waals surface area contributed by atoms with Crippen LogP contribution in [-0.2, 0) is 16.1 Å². The summed E-state index contributed by atoms with van der Waals surface area (Å²) in [6.07, 6.45) is 0. The van der Waals surface area contributed by atoms with Gasteiger partial charge in [0.25, 0.3) is 5.91 Å². The van der Waals surface area contributed by atoms with Crippen molar-refractivity contribution in [2.75, 3.05) is 30.4 Å². The highest BCUT2D eigenvalue weighted by atomic mass is 35.5. The van der Waals surface area contributed by atoms with Gasteiger partial charge in [0.2, 0.25) is 5.91 Å². The number of quaternary nitrogens is 1. The van der Waals surface area contributed by atoms with Gasteiger partial charge >= 0.3 is 0 Å². The predicted octanol–water partition coefficient (Wildman–Crippen LogP) is 1.40. The van der Waals surface area contributed by atoms with Crippen LogP contribution in [0.5, 0.6) is 0 Å². The number of nitrogens with zero attached hydrogens (tertiary/aromatic N) is 1. The maximum Gasteiger partial charge on any atom is 0.282 e. The summed E-state index contributed by atoms with van der Waals surface area (Å²) in [6, 6.07) is 11.2. The topological polar surface area (TPSA) is 53.9 Å². The molecule has 1 unspecified atom stereocenters. The molecule has 2 heterocycles. The van der Waals surface area contributed by atoms with Gasteiger partial charge in [-0.3, -0.25) is 14.5 Å². The molecule has 0 saturated carbocycles. The molecule has 1 aliphatic rings. The van der Waals surface area contributed by atoms with E-state index in [1.54, 1.807) is 11.0 Å². The summed E-state index contributed by atoms with van der Waals surface area (Å²) < 4.78 is 0.751. The molecule has 7 heteroatoms. The van der Waals surface area contributed by atoms with Gasteiger partial charge in [0.05, 0.1) is 27.6 Å². The number of hydrogen-bond acceptors (Lipinski definition) is 3. The first-order chi connectivity index (χ1) is 11.0. The summed E-state index contributed by atoms with van der Waals surface area (Å²) in [5.74, 6) is -0.229. The third-order valence-electron chi connectivity index (χ3n) is 3.63. The first kappa shape index (κ1) is 16.0. The third kappa shape index (κ3) is 3.72. The number of halogens is 1. The number of thiophene rings is 1. The number of fused-ring (bicyclic) bond motifs is 1. The number of hydrogen-bond donors (Lipinski definition) is 2. The van der Waals surface area contributed by atoms with Gasteiger partial charge in [-0.05, 0) is 24.3 Å². The number of anilines is 2. The van der Waals surface area contributed by atoms with Crippen LogP contribution in [-0.4, -0.2) is 32.0 Å². The van der Waals surface area contributed by atoms with E-state index in [4.69, 9.17) is 11.6 Å². The van der Waals surface area contributed by atoms with Gasteiger partial charge in [-0.2, -0.15) is 0 Å². The van der Waals surface area contributed by atoms with Crippen LogP contribution in [0.25, 0.3) is 0 Å². The number of nitrogens with one attached hydrogen (secondary N) is 2. The average molecular weight is 351 g/mol. The molecular weight excluding hydrogens is 334 g/mol. The normalized spacial score (nSPS) is 15.0. The second-order valence-electron chi connectivity index (χ2n) is 5.56. The van der Waals surface area contributed by atoms with Gasteiger partial charge < -0.3 is 10.2 Å². The molecule has 5 nitrogen and oxygen atoms in total. The van der Waals surface area contributed by atoms with E-state index in [-0.39, 0.29) is 18.4 Å². The number of carbonyl (C=O) groups is 2. The first-order valence-corrected chi connectivity index (χ1v) is 8.47. The number of rotatable bonds is 4. The molecule has 2 amide bonds. The molecule has 0 saturated heterocycles. The zero-order valence-electron chi connectivity index (χ0n) is 12.6. The SMILES string of the molecule is C[NH+](CC(=O)N1CC(=O)Nc2ccccc21)Cc1ccc(Cl)s1. The zero-order valence-corrected chi connectivity index (χ0v) is 14.2. The van der Waals surface area contributed by atoms with E-state index in [0.717, 1.165) is 26.3 Å². The smallest absolute Gasteiger partial charge is 0.282 e. The van der Waals surface area contributed by atoms with Gasteiger partial charge in [-0.15, -0.1) is 11.3 Å². The molecule has 1 atom stereocenters. The highest BCUT2D eigenvalue weighted by molar-refractivity contribution is 7.16. The Morgan fingerprint density at radius 3 is 2.87 bits per heavy atom. The molecule has 120 valence electrons. The van der Waals surface area contributed by atoms with Crippen molar-refractivity contribution in [1.29, 1.82) is 0 Å². The summed E-state index contributed by atoms with van der Waals surface area (Å²) in [6.45, 7) is 1.11. The fourth-order valence-corrected chi connectivity index (χ4v) is 3.82. The molecule has 0 radical (unpaired) electrons. The minimum Gasteiger partial charge on any atom is -0.325 e. The summed E-state index contributed by atoms with van der Waals surface area (Å²) in [7, 11) is 1.96. The van der Waals surface area contributed by atoms with Crippen molar-refractivity contribution in [3.05, 3.63) is 45.6 Å². The van der Waals surface area contributed by atoms with Gasteiger partial charge in [-0.1, -0.05) is 23.7 Å². The van der Waals surface area contributed by atoms with E-state index in [9.17, 15) is 9.59 Å².